The molecule has 0 aliphatic rings. The summed E-state index contributed by atoms with van der Waals surface area (Å²) < 4.78 is 0. The first-order valence-corrected chi connectivity index (χ1v) is 11.8. The number of aliphatic hydroxyl groups excluding tert-OH is 1. The molecule has 17 heavy (non-hydrogen) atoms. The van der Waals surface area contributed by atoms with Gasteiger partial charge in [-0.05, 0) is 19.0 Å². The number of aliphatic hydroxyl groups is 1. The summed E-state index contributed by atoms with van der Waals surface area (Å²) in [5.74, 6) is 0. The van der Waals surface area contributed by atoms with E-state index in [4.69, 9.17) is 27.3 Å². The lowest BCUT2D eigenvalue weighted by atomic mass is 10.1. The molecule has 0 aromatic rings. The summed E-state index contributed by atoms with van der Waals surface area (Å²) in [6, 6.07) is 1.04. The van der Waals surface area contributed by atoms with Gasteiger partial charge in [-0.3, -0.25) is 0 Å². The molecule has 104 valence electrons. The summed E-state index contributed by atoms with van der Waals surface area (Å²) in [5.41, 5.74) is 0. The highest BCUT2D eigenvalue weighted by atomic mass is 35.7. The van der Waals surface area contributed by atoms with Crippen LogP contribution in [0, 0.1) is 0 Å². The molecule has 0 unspecified atom stereocenters. The molecule has 0 rings (SSSR count). The third kappa shape index (κ3) is 16.8. The summed E-state index contributed by atoms with van der Waals surface area (Å²) in [7, 11) is 0. The van der Waals surface area contributed by atoms with Crippen molar-refractivity contribution in [3.05, 3.63) is 0 Å². The molecule has 0 aliphatic heterocycles. The molecule has 0 heterocycles. The Bertz CT molecular complexity index is 160. The van der Waals surface area contributed by atoms with Crippen LogP contribution in [0.15, 0.2) is 0 Å². The van der Waals surface area contributed by atoms with Crippen molar-refractivity contribution in [2.75, 3.05) is 6.61 Å². The van der Waals surface area contributed by atoms with Crippen molar-refractivity contribution in [3.63, 3.8) is 0 Å². The van der Waals surface area contributed by atoms with E-state index >= 15 is 0 Å². The highest BCUT2D eigenvalue weighted by Crippen LogP contribution is 2.23. The Labute approximate surface area is 117 Å². The highest BCUT2D eigenvalue weighted by Gasteiger charge is 2.19. The molecule has 0 amide bonds. The van der Waals surface area contributed by atoms with E-state index in [1.807, 2.05) is 6.55 Å². The molecule has 0 aromatic heterocycles. The van der Waals surface area contributed by atoms with E-state index in [-0.39, 0.29) is 0 Å². The van der Waals surface area contributed by atoms with Gasteiger partial charge in [-0.15, -0.1) is 22.2 Å². The van der Waals surface area contributed by atoms with Crippen LogP contribution in [0.2, 0.25) is 12.6 Å². The van der Waals surface area contributed by atoms with Crippen LogP contribution in [0.25, 0.3) is 0 Å². The zero-order chi connectivity index (χ0) is 13.0. The fraction of sp³-hybridized carbons (Fsp3) is 1.00. The van der Waals surface area contributed by atoms with E-state index in [1.165, 1.54) is 57.8 Å². The van der Waals surface area contributed by atoms with Crippen molar-refractivity contribution >= 4 is 28.9 Å². The Kier molecular flexibility index (Phi) is 12.4. The average molecular weight is 299 g/mol. The van der Waals surface area contributed by atoms with Crippen LogP contribution in [-0.2, 0) is 0 Å². The standard InChI is InChI=1S/C13H28Cl2OSi/c1-17(14,15)13-11-9-7-5-3-2-4-6-8-10-12-16/h16H,2-13H2,1H3. The molecule has 1 N–H and O–H groups in total. The topological polar surface area (TPSA) is 20.2 Å². The molecule has 1 nitrogen and oxygen atoms in total. The Morgan fingerprint density at radius 3 is 1.41 bits per heavy atom. The summed E-state index contributed by atoms with van der Waals surface area (Å²) in [6.45, 7) is 0.526. The summed E-state index contributed by atoms with van der Waals surface area (Å²) in [5, 5.41) is 8.63. The van der Waals surface area contributed by atoms with Crippen LogP contribution in [0.1, 0.15) is 64.2 Å². The average Bonchev–Trinajstić information content (AvgIpc) is 2.24. The minimum atomic E-state index is -1.83. The van der Waals surface area contributed by atoms with Gasteiger partial charge in [0.2, 0.25) is 6.69 Å². The zero-order valence-electron chi connectivity index (χ0n) is 11.2. The molecule has 0 fully saturated rings. The van der Waals surface area contributed by atoms with Crippen molar-refractivity contribution in [2.45, 2.75) is 76.8 Å². The quantitative estimate of drug-likeness (QED) is 0.289. The molecule has 0 bridgehead atoms. The van der Waals surface area contributed by atoms with Gasteiger partial charge in [-0.1, -0.05) is 57.8 Å². The second-order valence-electron chi connectivity index (χ2n) is 5.08. The second kappa shape index (κ2) is 11.8. The number of rotatable bonds is 12. The van der Waals surface area contributed by atoms with Crippen molar-refractivity contribution in [1.82, 2.24) is 0 Å². The van der Waals surface area contributed by atoms with Gasteiger partial charge in [0.05, 0.1) is 0 Å². The first kappa shape index (κ1) is 17.8. The molecule has 0 saturated carbocycles. The number of hydrogen-bond acceptors (Lipinski definition) is 1. The van der Waals surface area contributed by atoms with Gasteiger partial charge in [0.1, 0.15) is 0 Å². The van der Waals surface area contributed by atoms with Crippen LogP contribution in [0.3, 0.4) is 0 Å². The molecular weight excluding hydrogens is 271 g/mol. The molecule has 0 atom stereocenters. The van der Waals surface area contributed by atoms with Crippen molar-refractivity contribution < 1.29 is 5.11 Å². The van der Waals surface area contributed by atoms with Crippen molar-refractivity contribution in [3.8, 4) is 0 Å². The molecular formula is C13H28Cl2OSi. The van der Waals surface area contributed by atoms with Gasteiger partial charge in [0, 0.05) is 6.61 Å². The maximum atomic E-state index is 8.63. The highest BCUT2D eigenvalue weighted by molar-refractivity contribution is 7.44. The predicted octanol–water partition coefficient (Wildman–Crippen LogP) is 5.43. The van der Waals surface area contributed by atoms with E-state index < -0.39 is 6.69 Å². The predicted molar refractivity (Wildman–Crippen MR) is 81.4 cm³/mol. The van der Waals surface area contributed by atoms with Gasteiger partial charge < -0.3 is 5.11 Å². The fourth-order valence-electron chi connectivity index (χ4n) is 1.96. The van der Waals surface area contributed by atoms with E-state index in [2.05, 4.69) is 0 Å². The minimum absolute atomic E-state index is 0.351. The van der Waals surface area contributed by atoms with Gasteiger partial charge >= 0.3 is 0 Å². The number of hydrogen-bond donors (Lipinski definition) is 1. The van der Waals surface area contributed by atoms with E-state index in [0.717, 1.165) is 12.5 Å². The molecule has 0 spiro atoms. The van der Waals surface area contributed by atoms with Crippen LogP contribution < -0.4 is 0 Å². The van der Waals surface area contributed by atoms with Gasteiger partial charge in [-0.2, -0.15) is 0 Å². The third-order valence-corrected chi connectivity index (χ3v) is 5.39. The Morgan fingerprint density at radius 2 is 1.06 bits per heavy atom. The maximum absolute atomic E-state index is 8.63. The van der Waals surface area contributed by atoms with Gasteiger partial charge in [0.25, 0.3) is 0 Å². The summed E-state index contributed by atoms with van der Waals surface area (Å²) in [4.78, 5) is 0. The van der Waals surface area contributed by atoms with Gasteiger partial charge in [0.15, 0.2) is 0 Å². The minimum Gasteiger partial charge on any atom is -0.396 e. The smallest absolute Gasteiger partial charge is 0.248 e. The summed E-state index contributed by atoms with van der Waals surface area (Å²) >= 11 is 12.1. The Morgan fingerprint density at radius 1 is 0.706 bits per heavy atom. The largest absolute Gasteiger partial charge is 0.396 e. The molecule has 4 heteroatoms. The SMILES string of the molecule is C[Si](Cl)(Cl)CCCCCCCCCCCCO. The monoisotopic (exact) mass is 298 g/mol. The first-order valence-electron chi connectivity index (χ1n) is 7.05. The third-order valence-electron chi connectivity index (χ3n) is 3.02. The normalized spacial score (nSPS) is 12.0. The van der Waals surface area contributed by atoms with E-state index in [1.54, 1.807) is 0 Å². The molecule has 0 saturated heterocycles. The van der Waals surface area contributed by atoms with Crippen LogP contribution >= 0.6 is 22.2 Å². The van der Waals surface area contributed by atoms with Crippen LogP contribution in [-0.4, -0.2) is 18.4 Å². The van der Waals surface area contributed by atoms with Crippen molar-refractivity contribution in [2.24, 2.45) is 0 Å². The molecule has 0 aromatic carbocycles. The lowest BCUT2D eigenvalue weighted by Gasteiger charge is -2.09. The Balaban J connectivity index is 2.99. The van der Waals surface area contributed by atoms with Gasteiger partial charge in [-0.25, -0.2) is 0 Å². The molecule has 0 aliphatic carbocycles. The van der Waals surface area contributed by atoms with Crippen LogP contribution in [0.5, 0.6) is 0 Å². The maximum Gasteiger partial charge on any atom is 0.248 e. The first-order chi connectivity index (χ1) is 8.06. The zero-order valence-corrected chi connectivity index (χ0v) is 13.7. The lowest BCUT2D eigenvalue weighted by Crippen LogP contribution is -2.11. The fourth-order valence-corrected chi connectivity index (χ4v) is 3.63. The number of unbranched alkanes of at least 4 members (excludes halogenated alkanes) is 9. The summed E-state index contributed by atoms with van der Waals surface area (Å²) in [6.07, 6.45) is 12.6. The molecule has 0 radical (unpaired) electrons. The number of halogens is 2. The van der Waals surface area contributed by atoms with Crippen molar-refractivity contribution in [1.29, 1.82) is 0 Å². The van der Waals surface area contributed by atoms with E-state index in [0.29, 0.717) is 6.61 Å². The van der Waals surface area contributed by atoms with E-state index in [9.17, 15) is 0 Å². The second-order valence-corrected chi connectivity index (χ2v) is 13.3. The Hall–Kier alpha value is 0.757. The lowest BCUT2D eigenvalue weighted by molar-refractivity contribution is 0.282. The van der Waals surface area contributed by atoms with Crippen LogP contribution in [0.4, 0.5) is 0 Å².